The van der Waals surface area contributed by atoms with Crippen LogP contribution in [0.5, 0.6) is 0 Å². The third-order valence-corrected chi connectivity index (χ3v) is 5.99. The van der Waals surface area contributed by atoms with E-state index in [-0.39, 0.29) is 17.8 Å². The summed E-state index contributed by atoms with van der Waals surface area (Å²) in [7, 11) is 4.06. The Morgan fingerprint density at radius 1 is 1.29 bits per heavy atom. The van der Waals surface area contributed by atoms with Crippen molar-refractivity contribution in [2.24, 2.45) is 0 Å². The van der Waals surface area contributed by atoms with Gasteiger partial charge >= 0.3 is 0 Å². The van der Waals surface area contributed by atoms with E-state index in [0.717, 1.165) is 18.4 Å². The molecule has 1 saturated carbocycles. The molecule has 0 unspecified atom stereocenters. The number of hydrogen-bond acceptors (Lipinski definition) is 3. The average Bonchev–Trinajstić information content (AvgIpc) is 3.26. The Morgan fingerprint density at radius 2 is 1.96 bits per heavy atom. The molecular weight excluding hydrogens is 323 g/mol. The SMILES string of the molecule is Cc1ccsc1[C@H](CNC(=O)C1(c2ccc(F)cc2)CC1)N(C)C. The summed E-state index contributed by atoms with van der Waals surface area (Å²) in [6, 6.07) is 8.60. The van der Waals surface area contributed by atoms with E-state index in [1.165, 1.54) is 22.6 Å². The number of aryl methyl sites for hydroxylation is 1. The highest BCUT2D eigenvalue weighted by Crippen LogP contribution is 2.48. The van der Waals surface area contributed by atoms with Crippen LogP contribution >= 0.6 is 11.3 Å². The predicted molar refractivity (Wildman–Crippen MR) is 95.8 cm³/mol. The highest BCUT2D eigenvalue weighted by molar-refractivity contribution is 7.10. The van der Waals surface area contributed by atoms with Crippen molar-refractivity contribution in [3.63, 3.8) is 0 Å². The average molecular weight is 346 g/mol. The number of hydrogen-bond donors (Lipinski definition) is 1. The van der Waals surface area contributed by atoms with Gasteiger partial charge in [-0.25, -0.2) is 4.39 Å². The van der Waals surface area contributed by atoms with Gasteiger partial charge in [0.2, 0.25) is 5.91 Å². The molecular formula is C19H23FN2OS. The first kappa shape index (κ1) is 17.1. The Morgan fingerprint density at radius 3 is 2.46 bits per heavy atom. The van der Waals surface area contributed by atoms with Crippen molar-refractivity contribution in [1.29, 1.82) is 0 Å². The van der Waals surface area contributed by atoms with Crippen molar-refractivity contribution >= 4 is 17.2 Å². The monoisotopic (exact) mass is 346 g/mol. The second kappa shape index (κ2) is 6.65. The van der Waals surface area contributed by atoms with Crippen molar-refractivity contribution in [1.82, 2.24) is 10.2 Å². The number of nitrogens with one attached hydrogen (secondary N) is 1. The van der Waals surface area contributed by atoms with E-state index in [2.05, 4.69) is 28.6 Å². The number of thiophene rings is 1. The van der Waals surface area contributed by atoms with Crippen LogP contribution in [0.2, 0.25) is 0 Å². The van der Waals surface area contributed by atoms with Gasteiger partial charge in [-0.05, 0) is 68.6 Å². The Kier molecular flexibility index (Phi) is 4.74. The molecule has 1 aromatic heterocycles. The second-order valence-corrected chi connectivity index (χ2v) is 7.69. The Hall–Kier alpha value is -1.72. The number of amides is 1. The van der Waals surface area contributed by atoms with Gasteiger partial charge in [-0.1, -0.05) is 12.1 Å². The van der Waals surface area contributed by atoms with E-state index in [4.69, 9.17) is 0 Å². The highest BCUT2D eigenvalue weighted by Gasteiger charge is 2.51. The second-order valence-electron chi connectivity index (χ2n) is 6.75. The molecule has 24 heavy (non-hydrogen) atoms. The lowest BCUT2D eigenvalue weighted by Gasteiger charge is -2.26. The van der Waals surface area contributed by atoms with Crippen LogP contribution in [-0.4, -0.2) is 31.4 Å². The minimum atomic E-state index is -0.463. The molecule has 1 aliphatic carbocycles. The van der Waals surface area contributed by atoms with E-state index in [0.29, 0.717) is 6.54 Å². The van der Waals surface area contributed by atoms with E-state index in [1.54, 1.807) is 23.5 Å². The van der Waals surface area contributed by atoms with E-state index in [9.17, 15) is 9.18 Å². The molecule has 0 aliphatic heterocycles. The molecule has 0 bridgehead atoms. The van der Waals surface area contributed by atoms with Crippen LogP contribution < -0.4 is 5.32 Å². The van der Waals surface area contributed by atoms with Crippen LogP contribution in [0.25, 0.3) is 0 Å². The van der Waals surface area contributed by atoms with Gasteiger partial charge < -0.3 is 10.2 Å². The van der Waals surface area contributed by atoms with Gasteiger partial charge in [0.25, 0.3) is 0 Å². The molecule has 2 aromatic rings. The molecule has 3 rings (SSSR count). The van der Waals surface area contributed by atoms with Crippen LogP contribution in [0.15, 0.2) is 35.7 Å². The smallest absolute Gasteiger partial charge is 0.230 e. The fraction of sp³-hybridized carbons (Fsp3) is 0.421. The predicted octanol–water partition coefficient (Wildman–Crippen LogP) is 3.65. The van der Waals surface area contributed by atoms with Crippen molar-refractivity contribution in [2.75, 3.05) is 20.6 Å². The van der Waals surface area contributed by atoms with Crippen LogP contribution in [0, 0.1) is 12.7 Å². The summed E-state index contributed by atoms with van der Waals surface area (Å²) in [6.45, 7) is 2.68. The summed E-state index contributed by atoms with van der Waals surface area (Å²) in [5.41, 5.74) is 1.71. The topological polar surface area (TPSA) is 32.3 Å². The van der Waals surface area contributed by atoms with Gasteiger partial charge in [-0.2, -0.15) is 0 Å². The Balaban J connectivity index is 1.70. The number of carbonyl (C=O) groups is 1. The Bertz CT molecular complexity index is 719. The lowest BCUT2D eigenvalue weighted by Crippen LogP contribution is -2.40. The molecule has 1 fully saturated rings. The molecule has 1 N–H and O–H groups in total. The first-order valence-corrected chi connectivity index (χ1v) is 9.07. The standard InChI is InChI=1S/C19H23FN2OS/c1-13-8-11-24-17(13)16(22(2)3)12-21-18(23)19(9-10-19)14-4-6-15(20)7-5-14/h4-8,11,16H,9-10,12H2,1-3H3,(H,21,23)/t16-/m0/s1. The quantitative estimate of drug-likeness (QED) is 0.866. The molecule has 1 aliphatic rings. The fourth-order valence-electron chi connectivity index (χ4n) is 3.13. The maximum absolute atomic E-state index is 13.1. The molecule has 0 radical (unpaired) electrons. The molecule has 0 saturated heterocycles. The number of rotatable bonds is 6. The van der Waals surface area contributed by atoms with E-state index < -0.39 is 5.41 Å². The van der Waals surface area contributed by atoms with Crippen molar-refractivity contribution < 1.29 is 9.18 Å². The van der Waals surface area contributed by atoms with Gasteiger partial charge in [0.05, 0.1) is 11.5 Å². The number of likely N-dealkylation sites (N-methyl/N-ethyl adjacent to an activating group) is 1. The fourth-order valence-corrected chi connectivity index (χ4v) is 4.26. The maximum Gasteiger partial charge on any atom is 0.230 e. The van der Waals surface area contributed by atoms with Crippen LogP contribution in [0.1, 0.15) is 34.9 Å². The number of carbonyl (C=O) groups excluding carboxylic acids is 1. The van der Waals surface area contributed by atoms with Crippen molar-refractivity contribution in [2.45, 2.75) is 31.2 Å². The minimum absolute atomic E-state index is 0.0511. The highest BCUT2D eigenvalue weighted by atomic mass is 32.1. The molecule has 1 amide bonds. The Labute approximate surface area is 146 Å². The summed E-state index contributed by atoms with van der Waals surface area (Å²) in [5, 5.41) is 5.21. The number of nitrogens with zero attached hydrogens (tertiary/aromatic N) is 1. The molecule has 1 aromatic carbocycles. The minimum Gasteiger partial charge on any atom is -0.353 e. The van der Waals surface area contributed by atoms with E-state index in [1.807, 2.05) is 14.1 Å². The van der Waals surface area contributed by atoms with Gasteiger partial charge in [-0.15, -0.1) is 11.3 Å². The molecule has 128 valence electrons. The van der Waals surface area contributed by atoms with Crippen molar-refractivity contribution in [3.05, 3.63) is 57.5 Å². The number of halogens is 1. The molecule has 5 heteroatoms. The zero-order valence-corrected chi connectivity index (χ0v) is 15.1. The first-order valence-electron chi connectivity index (χ1n) is 8.19. The van der Waals surface area contributed by atoms with Crippen LogP contribution in [0.4, 0.5) is 4.39 Å². The van der Waals surface area contributed by atoms with E-state index >= 15 is 0 Å². The molecule has 1 heterocycles. The number of benzene rings is 1. The largest absolute Gasteiger partial charge is 0.353 e. The third kappa shape index (κ3) is 3.23. The molecule has 0 spiro atoms. The zero-order valence-electron chi connectivity index (χ0n) is 14.3. The van der Waals surface area contributed by atoms with Gasteiger partial charge in [-0.3, -0.25) is 4.79 Å². The van der Waals surface area contributed by atoms with Crippen LogP contribution in [-0.2, 0) is 10.2 Å². The third-order valence-electron chi connectivity index (χ3n) is 4.87. The summed E-state index contributed by atoms with van der Waals surface area (Å²) in [5.74, 6) is -0.217. The van der Waals surface area contributed by atoms with Gasteiger partial charge in [0.1, 0.15) is 5.82 Å². The summed E-state index contributed by atoms with van der Waals surface area (Å²) in [6.07, 6.45) is 1.66. The summed E-state index contributed by atoms with van der Waals surface area (Å²) < 4.78 is 13.1. The summed E-state index contributed by atoms with van der Waals surface area (Å²) in [4.78, 5) is 16.2. The normalized spacial score (nSPS) is 16.9. The first-order chi connectivity index (χ1) is 11.4. The maximum atomic E-state index is 13.1. The lowest BCUT2D eigenvalue weighted by molar-refractivity contribution is -0.123. The summed E-state index contributed by atoms with van der Waals surface area (Å²) >= 11 is 1.72. The lowest BCUT2D eigenvalue weighted by atomic mass is 9.95. The molecule has 1 atom stereocenters. The van der Waals surface area contributed by atoms with Gasteiger partial charge in [0, 0.05) is 11.4 Å². The van der Waals surface area contributed by atoms with Crippen molar-refractivity contribution in [3.8, 4) is 0 Å². The molecule has 3 nitrogen and oxygen atoms in total. The van der Waals surface area contributed by atoms with Crippen LogP contribution in [0.3, 0.4) is 0 Å². The van der Waals surface area contributed by atoms with Gasteiger partial charge in [0.15, 0.2) is 0 Å². The zero-order chi connectivity index (χ0) is 17.3.